The number of ether oxygens (including phenoxy) is 1. The van der Waals surface area contributed by atoms with Crippen molar-refractivity contribution >= 4 is 5.91 Å². The highest BCUT2D eigenvalue weighted by Crippen LogP contribution is 2.48. The second kappa shape index (κ2) is 7.36. The first-order valence-corrected chi connectivity index (χ1v) is 9.32. The highest BCUT2D eigenvalue weighted by atomic mass is 16.5. The van der Waals surface area contributed by atoms with Crippen molar-refractivity contribution in [2.45, 2.75) is 18.8 Å². The van der Waals surface area contributed by atoms with E-state index in [1.165, 1.54) is 0 Å². The molecule has 1 unspecified atom stereocenters. The van der Waals surface area contributed by atoms with Crippen molar-refractivity contribution < 1.29 is 14.1 Å². The second-order valence-electron chi connectivity index (χ2n) is 7.74. The Kier molecular flexibility index (Phi) is 4.92. The summed E-state index contributed by atoms with van der Waals surface area (Å²) in [5.74, 6) is 1.35. The summed E-state index contributed by atoms with van der Waals surface area (Å²) in [6, 6.07) is 3.74. The van der Waals surface area contributed by atoms with Gasteiger partial charge >= 0.3 is 0 Å². The topological polar surface area (TPSA) is 84.6 Å². The fraction of sp³-hybridized carbons (Fsp3) is 0.579. The van der Waals surface area contributed by atoms with Crippen LogP contribution in [-0.2, 0) is 9.53 Å². The summed E-state index contributed by atoms with van der Waals surface area (Å²) in [6.07, 6.45) is 5.23. The minimum absolute atomic E-state index is 0.0453. The average molecular weight is 371 g/mol. The highest BCUT2D eigenvalue weighted by molar-refractivity contribution is 5.78. The van der Waals surface area contributed by atoms with Crippen LogP contribution in [0, 0.1) is 5.41 Å². The molecule has 8 nitrogen and oxygen atoms in total. The number of pyridine rings is 1. The number of amides is 1. The lowest BCUT2D eigenvalue weighted by atomic mass is 9.72. The van der Waals surface area contributed by atoms with Crippen LogP contribution in [0.4, 0.5) is 0 Å². The molecule has 2 aliphatic heterocycles. The maximum Gasteiger partial charge on any atom is 0.259 e. The summed E-state index contributed by atoms with van der Waals surface area (Å²) in [7, 11) is 3.82. The molecule has 0 bridgehead atoms. The minimum atomic E-state index is -0.0453. The lowest BCUT2D eigenvalue weighted by Crippen LogP contribution is -2.39. The Morgan fingerprint density at radius 3 is 2.89 bits per heavy atom. The predicted octanol–water partition coefficient (Wildman–Crippen LogP) is 1.42. The van der Waals surface area contributed by atoms with E-state index in [1.54, 1.807) is 12.4 Å². The Morgan fingerprint density at radius 2 is 2.19 bits per heavy atom. The first-order valence-electron chi connectivity index (χ1n) is 9.32. The van der Waals surface area contributed by atoms with Crippen molar-refractivity contribution in [3.8, 4) is 11.5 Å². The zero-order chi connectivity index (χ0) is 18.9. The molecule has 1 amide bonds. The van der Waals surface area contributed by atoms with E-state index in [1.807, 2.05) is 36.0 Å². The molecular formula is C19H25N5O3. The van der Waals surface area contributed by atoms with E-state index in [4.69, 9.17) is 9.26 Å². The average Bonchev–Trinajstić information content (AvgIpc) is 3.28. The summed E-state index contributed by atoms with van der Waals surface area (Å²) in [4.78, 5) is 25.3. The van der Waals surface area contributed by atoms with Crippen molar-refractivity contribution in [1.29, 1.82) is 0 Å². The fourth-order valence-corrected chi connectivity index (χ4v) is 4.15. The van der Waals surface area contributed by atoms with Crippen LogP contribution in [0.3, 0.4) is 0 Å². The molecule has 0 saturated carbocycles. The number of nitrogens with zero attached hydrogens (tertiary/aromatic N) is 5. The molecule has 2 aromatic heterocycles. The molecule has 0 aliphatic carbocycles. The molecule has 2 aliphatic rings. The lowest BCUT2D eigenvalue weighted by Gasteiger charge is -2.36. The number of hydrogen-bond donors (Lipinski definition) is 0. The van der Waals surface area contributed by atoms with Gasteiger partial charge in [-0.3, -0.25) is 9.78 Å². The van der Waals surface area contributed by atoms with Gasteiger partial charge in [-0.2, -0.15) is 4.98 Å². The molecule has 0 aromatic carbocycles. The Hall–Kier alpha value is -2.32. The number of likely N-dealkylation sites (N-methyl/N-ethyl adjacent to an activating group) is 1. The zero-order valence-electron chi connectivity index (χ0n) is 15.8. The fourth-order valence-electron chi connectivity index (χ4n) is 4.15. The van der Waals surface area contributed by atoms with E-state index >= 15 is 0 Å². The first kappa shape index (κ1) is 18.1. The van der Waals surface area contributed by atoms with Gasteiger partial charge in [0.05, 0.1) is 12.1 Å². The molecule has 1 spiro atoms. The Bertz CT molecular complexity index is 786. The molecule has 0 N–H and O–H groups in total. The maximum absolute atomic E-state index is 12.7. The molecule has 0 radical (unpaired) electrons. The molecule has 144 valence electrons. The van der Waals surface area contributed by atoms with Gasteiger partial charge in [-0.1, -0.05) is 5.16 Å². The summed E-state index contributed by atoms with van der Waals surface area (Å²) < 4.78 is 11.1. The van der Waals surface area contributed by atoms with E-state index in [2.05, 4.69) is 15.1 Å². The normalized spacial score (nSPS) is 21.9. The van der Waals surface area contributed by atoms with Crippen LogP contribution in [0.1, 0.15) is 24.6 Å². The second-order valence-corrected chi connectivity index (χ2v) is 7.74. The van der Waals surface area contributed by atoms with E-state index in [9.17, 15) is 4.79 Å². The van der Waals surface area contributed by atoms with Crippen LogP contribution in [0.2, 0.25) is 0 Å². The van der Waals surface area contributed by atoms with Gasteiger partial charge < -0.3 is 19.1 Å². The summed E-state index contributed by atoms with van der Waals surface area (Å²) in [5, 5.41) is 4.28. The van der Waals surface area contributed by atoms with Crippen LogP contribution >= 0.6 is 0 Å². The van der Waals surface area contributed by atoms with Crippen LogP contribution in [0.25, 0.3) is 11.5 Å². The number of likely N-dealkylation sites (tertiary alicyclic amines) is 1. The van der Waals surface area contributed by atoms with Crippen LogP contribution in [-0.4, -0.2) is 77.8 Å². The number of rotatable bonds is 4. The van der Waals surface area contributed by atoms with E-state index in [0.717, 1.165) is 24.9 Å². The molecule has 2 fully saturated rings. The number of aromatic nitrogens is 3. The summed E-state index contributed by atoms with van der Waals surface area (Å²) in [5.41, 5.74) is 0.756. The number of carbonyl (C=O) groups excluding carboxylic acids is 1. The van der Waals surface area contributed by atoms with Gasteiger partial charge in [-0.15, -0.1) is 0 Å². The van der Waals surface area contributed by atoms with Crippen LogP contribution < -0.4 is 0 Å². The Balaban J connectivity index is 1.61. The van der Waals surface area contributed by atoms with Crippen molar-refractivity contribution in [2.75, 3.05) is 46.9 Å². The van der Waals surface area contributed by atoms with E-state index < -0.39 is 0 Å². The zero-order valence-corrected chi connectivity index (χ0v) is 15.8. The maximum atomic E-state index is 12.7. The first-order chi connectivity index (χ1) is 13.1. The number of hydrogen-bond acceptors (Lipinski definition) is 7. The van der Waals surface area contributed by atoms with Crippen molar-refractivity contribution in [3.63, 3.8) is 0 Å². The third kappa shape index (κ3) is 3.59. The molecule has 4 rings (SSSR count). The monoisotopic (exact) mass is 371 g/mol. The molecular weight excluding hydrogens is 346 g/mol. The Labute approximate surface area is 158 Å². The van der Waals surface area contributed by atoms with Crippen molar-refractivity contribution in [3.05, 3.63) is 30.4 Å². The third-order valence-electron chi connectivity index (χ3n) is 5.60. The summed E-state index contributed by atoms with van der Waals surface area (Å²) >= 11 is 0. The van der Waals surface area contributed by atoms with Crippen molar-refractivity contribution in [1.82, 2.24) is 24.9 Å². The molecule has 4 heterocycles. The lowest BCUT2D eigenvalue weighted by molar-refractivity contribution is -0.131. The van der Waals surface area contributed by atoms with Crippen LogP contribution in [0.15, 0.2) is 29.0 Å². The Morgan fingerprint density at radius 1 is 1.37 bits per heavy atom. The minimum Gasteiger partial charge on any atom is -0.381 e. The van der Waals surface area contributed by atoms with Gasteiger partial charge in [-0.05, 0) is 39.1 Å². The van der Waals surface area contributed by atoms with E-state index in [0.29, 0.717) is 38.0 Å². The van der Waals surface area contributed by atoms with Gasteiger partial charge in [0.2, 0.25) is 5.91 Å². The molecule has 2 aromatic rings. The largest absolute Gasteiger partial charge is 0.381 e. The molecule has 8 heteroatoms. The smallest absolute Gasteiger partial charge is 0.259 e. The SMILES string of the molecule is CN(C)CC(=O)N1CC(c2noc(-c3cccnc3)n2)C2(CCOCC2)C1. The highest BCUT2D eigenvalue weighted by Gasteiger charge is 2.51. The van der Waals surface area contributed by atoms with Gasteiger partial charge in [-0.25, -0.2) is 0 Å². The quantitative estimate of drug-likeness (QED) is 0.803. The standard InChI is InChI=1S/C19H25N5O3/c1-23(2)12-16(25)24-11-15(19(13-24)5-8-26-9-6-19)17-21-18(27-22-17)14-4-3-7-20-10-14/h3-4,7,10,15H,5-6,8-9,11-13H2,1-2H3. The molecule has 1 atom stereocenters. The third-order valence-corrected chi connectivity index (χ3v) is 5.60. The summed E-state index contributed by atoms with van der Waals surface area (Å²) in [6.45, 7) is 3.18. The molecule has 27 heavy (non-hydrogen) atoms. The van der Waals surface area contributed by atoms with Gasteiger partial charge in [0.25, 0.3) is 5.89 Å². The number of carbonyl (C=O) groups is 1. The van der Waals surface area contributed by atoms with Gasteiger partial charge in [0, 0.05) is 50.0 Å². The van der Waals surface area contributed by atoms with E-state index in [-0.39, 0.29) is 17.2 Å². The van der Waals surface area contributed by atoms with Gasteiger partial charge in [0.1, 0.15) is 0 Å². The molecule has 2 saturated heterocycles. The van der Waals surface area contributed by atoms with Crippen molar-refractivity contribution in [2.24, 2.45) is 5.41 Å². The van der Waals surface area contributed by atoms with Gasteiger partial charge in [0.15, 0.2) is 5.82 Å². The predicted molar refractivity (Wildman–Crippen MR) is 97.9 cm³/mol. The van der Waals surface area contributed by atoms with Crippen LogP contribution in [0.5, 0.6) is 0 Å².